The van der Waals surface area contributed by atoms with Crippen molar-refractivity contribution in [2.24, 2.45) is 0 Å². The van der Waals surface area contributed by atoms with Crippen LogP contribution in [0.15, 0.2) is 53.1 Å². The first-order valence-corrected chi connectivity index (χ1v) is 9.15. The average Bonchev–Trinajstić information content (AvgIpc) is 3.05. The largest absolute Gasteiger partial charge is 0.335 e. The first-order valence-electron chi connectivity index (χ1n) is 8.35. The number of piperidine rings is 1. The van der Waals surface area contributed by atoms with E-state index >= 15 is 0 Å². The molecule has 0 N–H and O–H groups in total. The minimum atomic E-state index is -0.419. The Morgan fingerprint density at radius 1 is 1.19 bits per heavy atom. The number of anilines is 1. The molecule has 6 heteroatoms. The fourth-order valence-corrected chi connectivity index (χ4v) is 3.88. The number of fused-ring (bicyclic) bond motifs is 1. The predicted octanol–water partition coefficient (Wildman–Crippen LogP) is 4.78. The summed E-state index contributed by atoms with van der Waals surface area (Å²) in [7, 11) is 0. The Morgan fingerprint density at radius 2 is 2.04 bits per heavy atom. The van der Waals surface area contributed by atoms with Crippen LogP contribution in [0.25, 0.3) is 10.9 Å². The van der Waals surface area contributed by atoms with Gasteiger partial charge in [0.2, 0.25) is 5.91 Å². The molecule has 1 aliphatic heterocycles. The summed E-state index contributed by atoms with van der Waals surface area (Å²) in [6.45, 7) is 0.497. The van der Waals surface area contributed by atoms with Gasteiger partial charge < -0.3 is 9.47 Å². The molecule has 2 aromatic carbocycles. The van der Waals surface area contributed by atoms with Gasteiger partial charge in [-0.1, -0.05) is 22.0 Å². The summed E-state index contributed by atoms with van der Waals surface area (Å²) in [6.07, 6.45) is 3.34. The molecule has 1 atom stereocenters. The maximum atomic E-state index is 14.4. The lowest BCUT2D eigenvalue weighted by molar-refractivity contribution is -0.123. The molecule has 0 radical (unpaired) electrons. The standard InChI is InChI=1S/C20H15BrFN3O/c21-15-5-6-17(16(22)11-15)25-8-1-2-18(20(25)26)24-9-7-14-4-3-13(12-23)10-19(14)24/h3-7,9-11,18H,1-2,8H2. The lowest BCUT2D eigenvalue weighted by atomic mass is 10.0. The van der Waals surface area contributed by atoms with Crippen molar-refractivity contribution in [1.82, 2.24) is 4.57 Å². The average molecular weight is 412 g/mol. The van der Waals surface area contributed by atoms with Crippen LogP contribution in [-0.2, 0) is 4.79 Å². The molecule has 0 bridgehead atoms. The molecule has 3 aromatic rings. The van der Waals surface area contributed by atoms with Crippen molar-refractivity contribution in [1.29, 1.82) is 5.26 Å². The molecule has 1 amide bonds. The van der Waals surface area contributed by atoms with Gasteiger partial charge in [-0.15, -0.1) is 0 Å². The molecule has 4 nitrogen and oxygen atoms in total. The highest BCUT2D eigenvalue weighted by molar-refractivity contribution is 9.10. The SMILES string of the molecule is N#Cc1ccc2ccn(C3CCCN(c4ccc(Br)cc4F)C3=O)c2c1. The fraction of sp³-hybridized carbons (Fsp3) is 0.200. The van der Waals surface area contributed by atoms with Gasteiger partial charge in [-0.3, -0.25) is 4.79 Å². The highest BCUT2D eigenvalue weighted by Crippen LogP contribution is 2.33. The van der Waals surface area contributed by atoms with Crippen molar-refractivity contribution >= 4 is 38.4 Å². The molecule has 0 aliphatic carbocycles. The lowest BCUT2D eigenvalue weighted by Gasteiger charge is -2.33. The molecule has 4 rings (SSSR count). The Morgan fingerprint density at radius 3 is 2.81 bits per heavy atom. The molecule has 1 unspecified atom stereocenters. The third kappa shape index (κ3) is 2.78. The van der Waals surface area contributed by atoms with Gasteiger partial charge in [-0.05, 0) is 54.6 Å². The zero-order chi connectivity index (χ0) is 18.3. The number of nitrogens with zero attached hydrogens (tertiary/aromatic N) is 3. The van der Waals surface area contributed by atoms with E-state index < -0.39 is 11.9 Å². The van der Waals surface area contributed by atoms with Gasteiger partial charge in [0, 0.05) is 17.2 Å². The number of nitriles is 1. The predicted molar refractivity (Wildman–Crippen MR) is 101 cm³/mol. The van der Waals surface area contributed by atoms with E-state index in [1.165, 1.54) is 11.0 Å². The molecule has 1 aromatic heterocycles. The zero-order valence-corrected chi connectivity index (χ0v) is 15.4. The summed E-state index contributed by atoms with van der Waals surface area (Å²) >= 11 is 3.25. The number of aromatic nitrogens is 1. The maximum Gasteiger partial charge on any atom is 0.250 e. The number of rotatable bonds is 2. The van der Waals surface area contributed by atoms with Gasteiger partial charge in [-0.25, -0.2) is 4.39 Å². The molecule has 0 spiro atoms. The number of amides is 1. The molecule has 1 aliphatic rings. The molecule has 0 saturated carbocycles. The quantitative estimate of drug-likeness (QED) is 0.608. The smallest absolute Gasteiger partial charge is 0.250 e. The number of hydrogen-bond donors (Lipinski definition) is 0. The highest BCUT2D eigenvalue weighted by Gasteiger charge is 2.32. The molecule has 130 valence electrons. The first-order chi connectivity index (χ1) is 12.6. The van der Waals surface area contributed by atoms with Crippen molar-refractivity contribution in [3.05, 3.63) is 64.5 Å². The van der Waals surface area contributed by atoms with E-state index in [9.17, 15) is 9.18 Å². The van der Waals surface area contributed by atoms with E-state index in [1.807, 2.05) is 22.9 Å². The van der Waals surface area contributed by atoms with Crippen LogP contribution in [0.2, 0.25) is 0 Å². The van der Waals surface area contributed by atoms with Crippen LogP contribution < -0.4 is 4.90 Å². The van der Waals surface area contributed by atoms with Crippen LogP contribution in [0, 0.1) is 17.1 Å². The first kappa shape index (κ1) is 16.8. The Labute approximate surface area is 158 Å². The van der Waals surface area contributed by atoms with Gasteiger partial charge in [0.05, 0.1) is 22.8 Å². The van der Waals surface area contributed by atoms with Gasteiger partial charge >= 0.3 is 0 Å². The van der Waals surface area contributed by atoms with E-state index in [0.717, 1.165) is 17.3 Å². The van der Waals surface area contributed by atoms with Crippen LogP contribution in [0.3, 0.4) is 0 Å². The summed E-state index contributed by atoms with van der Waals surface area (Å²) in [6, 6.07) is 13.8. The zero-order valence-electron chi connectivity index (χ0n) is 13.8. The number of benzene rings is 2. The molecule has 1 fully saturated rings. The van der Waals surface area contributed by atoms with Crippen molar-refractivity contribution in [2.75, 3.05) is 11.4 Å². The van der Waals surface area contributed by atoms with Crippen molar-refractivity contribution in [3.8, 4) is 6.07 Å². The van der Waals surface area contributed by atoms with E-state index in [2.05, 4.69) is 22.0 Å². The number of carbonyl (C=O) groups excluding carboxylic acids is 1. The monoisotopic (exact) mass is 411 g/mol. The van der Waals surface area contributed by atoms with Crippen LogP contribution >= 0.6 is 15.9 Å². The summed E-state index contributed by atoms with van der Waals surface area (Å²) < 4.78 is 16.9. The van der Waals surface area contributed by atoms with E-state index in [0.29, 0.717) is 28.7 Å². The minimum absolute atomic E-state index is 0.127. The van der Waals surface area contributed by atoms with Gasteiger partial charge in [-0.2, -0.15) is 5.26 Å². The van der Waals surface area contributed by atoms with Crippen LogP contribution in [0.5, 0.6) is 0 Å². The Bertz CT molecular complexity index is 1050. The van der Waals surface area contributed by atoms with Gasteiger partial charge in [0.15, 0.2) is 0 Å². The second-order valence-corrected chi connectivity index (χ2v) is 7.27. The summed E-state index contributed by atoms with van der Waals surface area (Å²) in [5, 5.41) is 10.1. The van der Waals surface area contributed by atoms with Gasteiger partial charge in [0.1, 0.15) is 11.9 Å². The third-order valence-corrected chi connectivity index (χ3v) is 5.29. The maximum absolute atomic E-state index is 14.4. The second kappa shape index (κ2) is 6.58. The minimum Gasteiger partial charge on any atom is -0.335 e. The Hall–Kier alpha value is -2.65. The van der Waals surface area contributed by atoms with Gasteiger partial charge in [0.25, 0.3) is 0 Å². The Kier molecular flexibility index (Phi) is 4.25. The van der Waals surface area contributed by atoms with Crippen molar-refractivity contribution < 1.29 is 9.18 Å². The van der Waals surface area contributed by atoms with E-state index in [1.54, 1.807) is 24.3 Å². The van der Waals surface area contributed by atoms with Crippen LogP contribution in [0.1, 0.15) is 24.4 Å². The summed E-state index contributed by atoms with van der Waals surface area (Å²) in [5.41, 5.74) is 1.70. The molecular weight excluding hydrogens is 397 g/mol. The number of hydrogen-bond acceptors (Lipinski definition) is 2. The van der Waals surface area contributed by atoms with Crippen LogP contribution in [0.4, 0.5) is 10.1 Å². The van der Waals surface area contributed by atoms with Crippen molar-refractivity contribution in [3.63, 3.8) is 0 Å². The lowest BCUT2D eigenvalue weighted by Crippen LogP contribution is -2.42. The van der Waals surface area contributed by atoms with E-state index in [4.69, 9.17) is 5.26 Å². The van der Waals surface area contributed by atoms with E-state index in [-0.39, 0.29) is 5.91 Å². The molecule has 26 heavy (non-hydrogen) atoms. The Balaban J connectivity index is 1.74. The number of carbonyl (C=O) groups is 1. The third-order valence-electron chi connectivity index (χ3n) is 4.80. The van der Waals surface area contributed by atoms with Crippen molar-refractivity contribution in [2.45, 2.75) is 18.9 Å². The number of halogens is 2. The molecule has 2 heterocycles. The highest BCUT2D eigenvalue weighted by atomic mass is 79.9. The van der Waals surface area contributed by atoms with Crippen LogP contribution in [-0.4, -0.2) is 17.0 Å². The normalized spacial score (nSPS) is 17.5. The molecule has 1 saturated heterocycles. The molecular formula is C20H15BrFN3O. The topological polar surface area (TPSA) is 49.0 Å². The summed E-state index contributed by atoms with van der Waals surface area (Å²) in [4.78, 5) is 14.6. The summed E-state index contributed by atoms with van der Waals surface area (Å²) in [5.74, 6) is -0.546. The second-order valence-electron chi connectivity index (χ2n) is 6.35. The fourth-order valence-electron chi connectivity index (χ4n) is 3.54.